The number of amides is 2. The number of ether oxygens (including phenoxy) is 1. The normalized spacial score (nSPS) is 11.4. The summed E-state index contributed by atoms with van der Waals surface area (Å²) in [7, 11) is 0. The molecule has 1 aromatic heterocycles. The summed E-state index contributed by atoms with van der Waals surface area (Å²) in [4.78, 5) is 37.0. The Bertz CT molecular complexity index is 1030. The number of carbonyl (C=O) groups is 3. The Hall–Kier alpha value is -3.58. The van der Waals surface area contributed by atoms with E-state index in [1.54, 1.807) is 48.5 Å². The number of para-hydroxylation sites is 1. The number of rotatable bonds is 6. The van der Waals surface area contributed by atoms with Crippen LogP contribution in [0.25, 0.3) is 0 Å². The van der Waals surface area contributed by atoms with Crippen molar-refractivity contribution in [2.45, 2.75) is 13.0 Å². The summed E-state index contributed by atoms with van der Waals surface area (Å²) >= 11 is 5.89. The fourth-order valence-corrected chi connectivity index (χ4v) is 2.64. The molecule has 3 rings (SSSR count). The summed E-state index contributed by atoms with van der Waals surface area (Å²) in [5, 5.41) is 5.68. The average Bonchev–Trinajstić information content (AvgIpc) is 3.23. The quantitative estimate of drug-likeness (QED) is 0.586. The third kappa shape index (κ3) is 5.24. The lowest BCUT2D eigenvalue weighted by molar-refractivity contribution is -0.123. The highest BCUT2D eigenvalue weighted by atomic mass is 35.5. The van der Waals surface area contributed by atoms with Gasteiger partial charge in [-0.2, -0.15) is 0 Å². The Morgan fingerprint density at radius 1 is 1.00 bits per heavy atom. The van der Waals surface area contributed by atoms with E-state index in [9.17, 15) is 14.4 Å². The largest absolute Gasteiger partial charge is 0.459 e. The summed E-state index contributed by atoms with van der Waals surface area (Å²) < 4.78 is 10.3. The smallest absolute Gasteiger partial charge is 0.341 e. The molecular weight excluding hydrogens is 396 g/mol. The van der Waals surface area contributed by atoms with Crippen molar-refractivity contribution in [3.05, 3.63) is 83.3 Å². The molecule has 0 bridgehead atoms. The molecule has 2 amide bonds. The highest BCUT2D eigenvalue weighted by Crippen LogP contribution is 2.19. The van der Waals surface area contributed by atoms with Gasteiger partial charge in [-0.1, -0.05) is 29.8 Å². The van der Waals surface area contributed by atoms with Gasteiger partial charge in [0.15, 0.2) is 11.9 Å². The summed E-state index contributed by atoms with van der Waals surface area (Å²) in [6.45, 7) is 1.45. The molecule has 0 aliphatic rings. The fourth-order valence-electron chi connectivity index (χ4n) is 2.45. The van der Waals surface area contributed by atoms with Crippen molar-refractivity contribution in [3.8, 4) is 0 Å². The lowest BCUT2D eigenvalue weighted by atomic mass is 10.1. The first-order valence-electron chi connectivity index (χ1n) is 8.65. The number of nitrogens with one attached hydrogen (secondary N) is 2. The summed E-state index contributed by atoms with van der Waals surface area (Å²) in [5.41, 5.74) is 0.827. The third-order valence-electron chi connectivity index (χ3n) is 3.89. The second kappa shape index (κ2) is 9.07. The number of furan rings is 1. The number of benzene rings is 2. The lowest BCUT2D eigenvalue weighted by Gasteiger charge is -2.15. The first kappa shape index (κ1) is 20.2. The minimum Gasteiger partial charge on any atom is -0.459 e. The Morgan fingerprint density at radius 3 is 2.52 bits per heavy atom. The molecule has 1 heterocycles. The molecule has 148 valence electrons. The molecular formula is C21H17ClN2O5. The SMILES string of the molecule is C[C@H](OC(=O)c1ccccc1NC(=O)c1ccco1)C(=O)Nc1cccc(Cl)c1. The van der Waals surface area contributed by atoms with Crippen LogP contribution in [0.5, 0.6) is 0 Å². The van der Waals surface area contributed by atoms with Crippen LogP contribution in [0.15, 0.2) is 71.3 Å². The first-order chi connectivity index (χ1) is 13.9. The maximum absolute atomic E-state index is 12.6. The second-order valence-electron chi connectivity index (χ2n) is 6.02. The van der Waals surface area contributed by atoms with Crippen LogP contribution < -0.4 is 10.6 Å². The van der Waals surface area contributed by atoms with E-state index in [-0.39, 0.29) is 17.0 Å². The molecule has 0 fully saturated rings. The highest BCUT2D eigenvalue weighted by molar-refractivity contribution is 6.30. The van der Waals surface area contributed by atoms with Crippen molar-refractivity contribution >= 4 is 40.8 Å². The van der Waals surface area contributed by atoms with Crippen molar-refractivity contribution in [1.29, 1.82) is 0 Å². The molecule has 0 aliphatic carbocycles. The molecule has 0 unspecified atom stereocenters. The van der Waals surface area contributed by atoms with Gasteiger partial charge in [-0.15, -0.1) is 0 Å². The van der Waals surface area contributed by atoms with Gasteiger partial charge >= 0.3 is 5.97 Å². The number of anilines is 2. The van der Waals surface area contributed by atoms with E-state index < -0.39 is 23.9 Å². The summed E-state index contributed by atoms with van der Waals surface area (Å²) in [6.07, 6.45) is 0.297. The molecule has 1 atom stereocenters. The van der Waals surface area contributed by atoms with E-state index in [2.05, 4.69) is 10.6 Å². The predicted octanol–water partition coefficient (Wildman–Crippen LogP) is 4.37. The van der Waals surface area contributed by atoms with Crippen molar-refractivity contribution in [2.75, 3.05) is 10.6 Å². The minimum absolute atomic E-state index is 0.0995. The van der Waals surface area contributed by atoms with Gasteiger partial charge in [0.2, 0.25) is 0 Å². The number of hydrogen-bond donors (Lipinski definition) is 2. The number of esters is 1. The lowest BCUT2D eigenvalue weighted by Crippen LogP contribution is -2.30. The first-order valence-corrected chi connectivity index (χ1v) is 9.03. The standard InChI is InChI=1S/C21H17ClN2O5/c1-13(19(25)23-15-7-4-6-14(22)12-15)29-21(27)16-8-2-3-9-17(16)24-20(26)18-10-5-11-28-18/h2-13H,1H3,(H,23,25)(H,24,26)/t13-/m0/s1. The molecule has 3 aromatic rings. The molecule has 8 heteroatoms. The molecule has 2 aromatic carbocycles. The van der Waals surface area contributed by atoms with Gasteiger partial charge < -0.3 is 19.8 Å². The zero-order valence-corrected chi connectivity index (χ0v) is 16.1. The number of carbonyl (C=O) groups excluding carboxylic acids is 3. The van der Waals surface area contributed by atoms with Gasteiger partial charge in [0.05, 0.1) is 17.5 Å². The maximum atomic E-state index is 12.6. The molecule has 0 aliphatic heterocycles. The summed E-state index contributed by atoms with van der Waals surface area (Å²) in [6, 6.07) is 16.0. The highest BCUT2D eigenvalue weighted by Gasteiger charge is 2.22. The molecule has 29 heavy (non-hydrogen) atoms. The van der Waals surface area contributed by atoms with Crippen molar-refractivity contribution < 1.29 is 23.5 Å². The average molecular weight is 413 g/mol. The van der Waals surface area contributed by atoms with Gasteiger partial charge in [-0.25, -0.2) is 4.79 Å². The van der Waals surface area contributed by atoms with Crippen LogP contribution in [0.4, 0.5) is 11.4 Å². The number of halogens is 1. The molecule has 2 N–H and O–H groups in total. The van der Waals surface area contributed by atoms with Gasteiger partial charge in [0.25, 0.3) is 11.8 Å². The van der Waals surface area contributed by atoms with Gasteiger partial charge in [-0.05, 0) is 49.4 Å². The van der Waals surface area contributed by atoms with Crippen LogP contribution in [0.1, 0.15) is 27.8 Å². The van der Waals surface area contributed by atoms with E-state index in [0.29, 0.717) is 10.7 Å². The molecule has 0 spiro atoms. The Morgan fingerprint density at radius 2 is 1.79 bits per heavy atom. The molecule has 0 radical (unpaired) electrons. The molecule has 0 saturated carbocycles. The van der Waals surface area contributed by atoms with E-state index in [1.165, 1.54) is 25.3 Å². The van der Waals surface area contributed by atoms with Crippen molar-refractivity contribution in [2.24, 2.45) is 0 Å². The third-order valence-corrected chi connectivity index (χ3v) is 4.12. The van der Waals surface area contributed by atoms with Gasteiger partial charge in [-0.3, -0.25) is 9.59 Å². The Kier molecular flexibility index (Phi) is 6.31. The topological polar surface area (TPSA) is 97.6 Å². The minimum atomic E-state index is -1.07. The van der Waals surface area contributed by atoms with E-state index in [0.717, 1.165) is 0 Å². The van der Waals surface area contributed by atoms with Crippen LogP contribution in [-0.2, 0) is 9.53 Å². The van der Waals surface area contributed by atoms with Gasteiger partial charge in [0.1, 0.15) is 0 Å². The van der Waals surface area contributed by atoms with E-state index in [1.807, 2.05) is 0 Å². The Balaban J connectivity index is 1.67. The second-order valence-corrected chi connectivity index (χ2v) is 6.46. The van der Waals surface area contributed by atoms with Crippen molar-refractivity contribution in [3.63, 3.8) is 0 Å². The van der Waals surface area contributed by atoms with E-state index >= 15 is 0 Å². The van der Waals surface area contributed by atoms with E-state index in [4.69, 9.17) is 20.8 Å². The van der Waals surface area contributed by atoms with Crippen LogP contribution in [0, 0.1) is 0 Å². The Labute approximate surface area is 171 Å². The monoisotopic (exact) mass is 412 g/mol. The van der Waals surface area contributed by atoms with Crippen LogP contribution in [0.3, 0.4) is 0 Å². The number of hydrogen-bond acceptors (Lipinski definition) is 5. The predicted molar refractivity (Wildman–Crippen MR) is 108 cm³/mol. The summed E-state index contributed by atoms with van der Waals surface area (Å²) in [5.74, 6) is -1.68. The zero-order chi connectivity index (χ0) is 20.8. The fraction of sp³-hybridized carbons (Fsp3) is 0.0952. The van der Waals surface area contributed by atoms with Crippen molar-refractivity contribution in [1.82, 2.24) is 0 Å². The van der Waals surface area contributed by atoms with Crippen LogP contribution >= 0.6 is 11.6 Å². The van der Waals surface area contributed by atoms with Crippen LogP contribution in [0.2, 0.25) is 5.02 Å². The van der Waals surface area contributed by atoms with Crippen LogP contribution in [-0.4, -0.2) is 23.9 Å². The maximum Gasteiger partial charge on any atom is 0.341 e. The zero-order valence-electron chi connectivity index (χ0n) is 15.3. The van der Waals surface area contributed by atoms with Gasteiger partial charge in [0, 0.05) is 10.7 Å². The molecule has 0 saturated heterocycles. The molecule has 7 nitrogen and oxygen atoms in total.